The van der Waals surface area contributed by atoms with E-state index in [1.807, 2.05) is 0 Å². The summed E-state index contributed by atoms with van der Waals surface area (Å²) in [6.07, 6.45) is 0.175. The maximum atomic E-state index is 11.6. The zero-order valence-corrected chi connectivity index (χ0v) is 28.6. The van der Waals surface area contributed by atoms with E-state index in [0.29, 0.717) is 12.0 Å². The van der Waals surface area contributed by atoms with Gasteiger partial charge in [0.25, 0.3) is 0 Å². The molecule has 3 rings (SSSR count). The molecule has 0 aromatic heterocycles. The van der Waals surface area contributed by atoms with Crippen LogP contribution in [0.3, 0.4) is 0 Å². The van der Waals surface area contributed by atoms with E-state index in [1.165, 1.54) is 36.4 Å². The minimum absolute atomic E-state index is 0.0257. The number of amides is 4. The lowest BCUT2D eigenvalue weighted by Gasteiger charge is -2.22. The SMILES string of the molecule is CC(C)(C)OC(=O)NC(Cc1ccc(O)cc1)C(N)=O.NC(=O)C(N)Cc1ccc(O)cc1.NC(=O)C(N)Cc1ccc(OP(=O)([O-])O)cc1. The predicted octanol–water partition coefficient (Wildman–Crippen LogP) is -0.0582. The Labute approximate surface area is 289 Å². The molecule has 18 heteroatoms. The second-order valence-electron chi connectivity index (χ2n) is 11.8. The lowest BCUT2D eigenvalue weighted by Crippen LogP contribution is -2.47. The molecule has 50 heavy (non-hydrogen) atoms. The molecule has 3 aromatic carbocycles. The maximum Gasteiger partial charge on any atom is 0.408 e. The summed E-state index contributed by atoms with van der Waals surface area (Å²) < 4.78 is 19.8. The van der Waals surface area contributed by atoms with Crippen LogP contribution in [-0.2, 0) is 42.9 Å². The summed E-state index contributed by atoms with van der Waals surface area (Å²) in [6, 6.07) is 16.2. The molecule has 0 spiro atoms. The van der Waals surface area contributed by atoms with Gasteiger partial charge in [-0.05, 0) is 86.7 Å². The number of phenols is 2. The van der Waals surface area contributed by atoms with Gasteiger partial charge in [0, 0.05) is 6.42 Å². The first kappa shape index (κ1) is 42.8. The van der Waals surface area contributed by atoms with E-state index in [1.54, 1.807) is 57.2 Å². The molecule has 274 valence electrons. The van der Waals surface area contributed by atoms with E-state index in [4.69, 9.17) is 43.4 Å². The summed E-state index contributed by atoms with van der Waals surface area (Å²) in [6.45, 7) is 5.18. The van der Waals surface area contributed by atoms with Crippen molar-refractivity contribution in [2.75, 3.05) is 0 Å². The molecule has 0 radical (unpaired) electrons. The largest absolute Gasteiger partial charge is 0.746 e. The predicted molar refractivity (Wildman–Crippen MR) is 181 cm³/mol. The van der Waals surface area contributed by atoms with Gasteiger partial charge in [-0.1, -0.05) is 36.4 Å². The van der Waals surface area contributed by atoms with Gasteiger partial charge in [0.2, 0.25) is 17.7 Å². The molecule has 0 aliphatic rings. The van der Waals surface area contributed by atoms with Crippen LogP contribution in [0.1, 0.15) is 37.5 Å². The highest BCUT2D eigenvalue weighted by Gasteiger charge is 2.23. The van der Waals surface area contributed by atoms with E-state index in [-0.39, 0.29) is 30.1 Å². The Balaban J connectivity index is 0.000000383. The summed E-state index contributed by atoms with van der Waals surface area (Å²) in [5.74, 6) is -1.50. The average Bonchev–Trinajstić information content (AvgIpc) is 2.99. The third-order valence-electron chi connectivity index (χ3n) is 6.13. The topological polar surface area (TPSA) is 330 Å². The quantitative estimate of drug-likeness (QED) is 0.111. The smallest absolute Gasteiger partial charge is 0.408 e. The van der Waals surface area contributed by atoms with Crippen molar-refractivity contribution in [3.8, 4) is 17.2 Å². The van der Waals surface area contributed by atoms with Gasteiger partial charge in [-0.15, -0.1) is 0 Å². The zero-order valence-electron chi connectivity index (χ0n) is 27.7. The van der Waals surface area contributed by atoms with Crippen LogP contribution in [0.2, 0.25) is 0 Å². The highest BCUT2D eigenvalue weighted by molar-refractivity contribution is 7.45. The Kier molecular flexibility index (Phi) is 16.9. The van der Waals surface area contributed by atoms with Crippen LogP contribution in [0.5, 0.6) is 17.2 Å². The highest BCUT2D eigenvalue weighted by atomic mass is 31.2. The molecular weight excluding hydrogens is 675 g/mol. The Hall–Kier alpha value is -5.19. The number of nitrogens with two attached hydrogens (primary N) is 5. The van der Waals surface area contributed by atoms with Gasteiger partial charge in [-0.3, -0.25) is 18.9 Å². The first-order valence-electron chi connectivity index (χ1n) is 14.8. The summed E-state index contributed by atoms with van der Waals surface area (Å²) in [4.78, 5) is 63.2. The molecule has 17 nitrogen and oxygen atoms in total. The monoisotopic (exact) mass is 719 g/mol. The number of carbonyl (C=O) groups is 4. The molecule has 4 atom stereocenters. The van der Waals surface area contributed by atoms with Crippen LogP contribution >= 0.6 is 7.82 Å². The van der Waals surface area contributed by atoms with Crippen molar-refractivity contribution in [2.24, 2.45) is 28.7 Å². The van der Waals surface area contributed by atoms with Gasteiger partial charge in [-0.25, -0.2) is 4.79 Å². The normalized spacial score (nSPS) is 13.7. The van der Waals surface area contributed by atoms with Crippen molar-refractivity contribution in [1.29, 1.82) is 0 Å². The molecule has 14 N–H and O–H groups in total. The standard InChI is InChI=1S/C14H20N2O4.C9H13N2O5P.C9H12N2O2/c1-14(2,3)20-13(19)16-11(12(15)18)8-9-4-6-10(17)7-5-9;10-8(9(11)12)5-6-1-3-7(4-2-6)16-17(13,14)15;10-8(9(11)13)5-6-1-3-7(12)4-2-6/h4-7,11,17H,8H2,1-3H3,(H2,15,18)(H,16,19);1-4,8H,5,10H2,(H2,11,12)(H2,13,14,15);1-4,8,12H,5,10H2,(H2,11,13)/p-1. The molecule has 0 saturated heterocycles. The van der Waals surface area contributed by atoms with Gasteiger partial charge >= 0.3 is 13.9 Å². The van der Waals surface area contributed by atoms with Crippen molar-refractivity contribution in [3.63, 3.8) is 0 Å². The molecule has 0 saturated carbocycles. The van der Waals surface area contributed by atoms with E-state index in [2.05, 4.69) is 9.84 Å². The number of ether oxygens (including phenoxy) is 1. The Morgan fingerprint density at radius 2 is 1.08 bits per heavy atom. The Morgan fingerprint density at radius 3 is 1.40 bits per heavy atom. The van der Waals surface area contributed by atoms with Crippen LogP contribution < -0.4 is 43.4 Å². The fourth-order valence-corrected chi connectivity index (χ4v) is 4.09. The number of phosphoric ester groups is 1. The first-order chi connectivity index (χ1) is 23.0. The zero-order chi connectivity index (χ0) is 38.2. The minimum Gasteiger partial charge on any atom is -0.746 e. The minimum atomic E-state index is -4.79. The summed E-state index contributed by atoms with van der Waals surface area (Å²) in [5, 5.41) is 20.6. The first-order valence-corrected chi connectivity index (χ1v) is 16.3. The molecule has 4 unspecified atom stereocenters. The molecule has 4 amide bonds. The summed E-state index contributed by atoms with van der Waals surface area (Å²) in [7, 11) is -4.79. The number of hydrogen-bond donors (Lipinski definition) is 9. The van der Waals surface area contributed by atoms with E-state index in [9.17, 15) is 33.7 Å². The van der Waals surface area contributed by atoms with E-state index in [0.717, 1.165) is 11.1 Å². The number of phenolic OH excluding ortho intramolecular Hbond substituents is 2. The number of hydrogen-bond acceptors (Lipinski definition) is 12. The van der Waals surface area contributed by atoms with Gasteiger partial charge in [-0.2, -0.15) is 0 Å². The molecule has 0 heterocycles. The van der Waals surface area contributed by atoms with Gasteiger partial charge < -0.3 is 63.2 Å². The number of benzene rings is 3. The molecule has 0 bridgehead atoms. The third-order valence-corrected chi connectivity index (χ3v) is 6.57. The van der Waals surface area contributed by atoms with Crippen molar-refractivity contribution in [1.82, 2.24) is 5.32 Å². The van der Waals surface area contributed by atoms with Crippen LogP contribution in [0.25, 0.3) is 0 Å². The van der Waals surface area contributed by atoms with Gasteiger partial charge in [0.05, 0.1) is 12.1 Å². The van der Waals surface area contributed by atoms with Crippen LogP contribution in [0, 0.1) is 0 Å². The number of carbonyl (C=O) groups excluding carboxylic acids is 4. The molecule has 0 fully saturated rings. The van der Waals surface area contributed by atoms with Crippen LogP contribution in [0.4, 0.5) is 4.79 Å². The van der Waals surface area contributed by atoms with Crippen LogP contribution in [-0.4, -0.2) is 62.6 Å². The van der Waals surface area contributed by atoms with E-state index >= 15 is 0 Å². The van der Waals surface area contributed by atoms with Crippen molar-refractivity contribution in [3.05, 3.63) is 89.5 Å². The average molecular weight is 720 g/mol. The maximum absolute atomic E-state index is 11.6. The molecular formula is C32H44N6O11P-. The molecule has 0 aliphatic heterocycles. The van der Waals surface area contributed by atoms with Gasteiger partial charge in [0.15, 0.2) is 0 Å². The number of primary amides is 3. The van der Waals surface area contributed by atoms with E-state index < -0.39 is 55.4 Å². The van der Waals surface area contributed by atoms with Crippen LogP contribution in [0.15, 0.2) is 72.8 Å². The van der Waals surface area contributed by atoms with Crippen molar-refractivity contribution >= 4 is 31.6 Å². The summed E-state index contributed by atoms with van der Waals surface area (Å²) >= 11 is 0. The third kappa shape index (κ3) is 19.0. The second kappa shape index (κ2) is 19.7. The Morgan fingerprint density at radius 1 is 0.720 bits per heavy atom. The van der Waals surface area contributed by atoms with Crippen molar-refractivity contribution < 1.29 is 53.0 Å². The number of rotatable bonds is 12. The second-order valence-corrected chi connectivity index (χ2v) is 12.9. The fraction of sp³-hybridized carbons (Fsp3) is 0.312. The number of nitrogens with one attached hydrogen (secondary N) is 1. The number of aromatic hydroxyl groups is 2. The molecule has 0 aliphatic carbocycles. The Bertz CT molecular complexity index is 1590. The highest BCUT2D eigenvalue weighted by Crippen LogP contribution is 2.33. The fourth-order valence-electron chi connectivity index (χ4n) is 3.70. The number of phosphoric acid groups is 1. The molecule has 3 aromatic rings. The lowest BCUT2D eigenvalue weighted by molar-refractivity contribution is -0.211. The summed E-state index contributed by atoms with van der Waals surface area (Å²) in [5.41, 5.74) is 27.9. The lowest BCUT2D eigenvalue weighted by atomic mass is 10.1. The number of alkyl carbamates (subject to hydrolysis) is 1. The van der Waals surface area contributed by atoms with Crippen molar-refractivity contribution in [2.45, 2.75) is 63.8 Å². The van der Waals surface area contributed by atoms with Gasteiger partial charge in [0.1, 0.15) is 28.9 Å².